The van der Waals surface area contributed by atoms with E-state index < -0.39 is 0 Å². The molecule has 19 heavy (non-hydrogen) atoms. The average molecular weight is 264 g/mol. The molecule has 0 atom stereocenters. The number of hydrazine groups is 1. The molecule has 1 amide bonds. The molecule has 0 radical (unpaired) electrons. The number of ether oxygens (including phenoxy) is 1. The number of carbonyl (C=O) groups is 1. The van der Waals surface area contributed by atoms with E-state index in [1.807, 2.05) is 13.0 Å². The molecule has 1 rings (SSSR count). The standard InChI is InChI=1S/C15H24N2O2/c1-4-19-14-10-9-13(11-12(14)2)7-5-6-8-15(18)17-16-3/h9-11,16H,4-8H2,1-3H3,(H,17,18). The third-order valence-electron chi connectivity index (χ3n) is 2.92. The molecule has 0 spiro atoms. The molecule has 0 bridgehead atoms. The average Bonchev–Trinajstić information content (AvgIpc) is 2.38. The minimum absolute atomic E-state index is 0.0466. The molecule has 0 aliphatic rings. The van der Waals surface area contributed by atoms with Crippen molar-refractivity contribution in [2.24, 2.45) is 0 Å². The Labute approximate surface area is 115 Å². The van der Waals surface area contributed by atoms with Crippen molar-refractivity contribution in [2.45, 2.75) is 39.5 Å². The van der Waals surface area contributed by atoms with Crippen LogP contribution >= 0.6 is 0 Å². The molecule has 0 saturated carbocycles. The first-order valence-corrected chi connectivity index (χ1v) is 6.85. The summed E-state index contributed by atoms with van der Waals surface area (Å²) in [6.45, 7) is 4.75. The number of aryl methyl sites for hydroxylation is 2. The van der Waals surface area contributed by atoms with Crippen LogP contribution < -0.4 is 15.6 Å². The monoisotopic (exact) mass is 264 g/mol. The van der Waals surface area contributed by atoms with E-state index in [1.165, 1.54) is 11.1 Å². The Bertz CT molecular complexity index is 405. The van der Waals surface area contributed by atoms with Crippen molar-refractivity contribution in [1.29, 1.82) is 0 Å². The normalized spacial score (nSPS) is 10.3. The third-order valence-corrected chi connectivity index (χ3v) is 2.92. The summed E-state index contributed by atoms with van der Waals surface area (Å²) in [4.78, 5) is 11.2. The van der Waals surface area contributed by atoms with Crippen molar-refractivity contribution in [3.05, 3.63) is 29.3 Å². The Morgan fingerprint density at radius 3 is 2.74 bits per heavy atom. The fraction of sp³-hybridized carbons (Fsp3) is 0.533. The van der Waals surface area contributed by atoms with Crippen LogP contribution in [0.5, 0.6) is 5.75 Å². The Balaban J connectivity index is 2.33. The van der Waals surface area contributed by atoms with Crippen LogP contribution in [0.2, 0.25) is 0 Å². The summed E-state index contributed by atoms with van der Waals surface area (Å²) in [6, 6.07) is 6.30. The highest BCUT2D eigenvalue weighted by Gasteiger charge is 2.02. The van der Waals surface area contributed by atoms with E-state index in [0.717, 1.165) is 25.0 Å². The second-order valence-electron chi connectivity index (χ2n) is 4.54. The number of nitrogens with one attached hydrogen (secondary N) is 2. The minimum Gasteiger partial charge on any atom is -0.494 e. The molecule has 1 aromatic rings. The van der Waals surface area contributed by atoms with Gasteiger partial charge in [-0.25, -0.2) is 5.43 Å². The van der Waals surface area contributed by atoms with Crippen molar-refractivity contribution in [2.75, 3.05) is 13.7 Å². The van der Waals surface area contributed by atoms with Gasteiger partial charge in [-0.15, -0.1) is 0 Å². The fourth-order valence-corrected chi connectivity index (χ4v) is 2.00. The zero-order chi connectivity index (χ0) is 14.1. The number of unbranched alkanes of at least 4 members (excludes halogenated alkanes) is 1. The fourth-order valence-electron chi connectivity index (χ4n) is 2.00. The Morgan fingerprint density at radius 2 is 2.11 bits per heavy atom. The summed E-state index contributed by atoms with van der Waals surface area (Å²) in [5.41, 5.74) is 7.68. The summed E-state index contributed by atoms with van der Waals surface area (Å²) in [5, 5.41) is 0. The quantitative estimate of drug-likeness (QED) is 0.560. The Morgan fingerprint density at radius 1 is 1.32 bits per heavy atom. The molecule has 2 N–H and O–H groups in total. The molecule has 0 aliphatic heterocycles. The first-order valence-electron chi connectivity index (χ1n) is 6.85. The van der Waals surface area contributed by atoms with Crippen molar-refractivity contribution in [3.63, 3.8) is 0 Å². The topological polar surface area (TPSA) is 50.4 Å². The predicted molar refractivity (Wildman–Crippen MR) is 77.1 cm³/mol. The molecular weight excluding hydrogens is 240 g/mol. The maximum Gasteiger partial charge on any atom is 0.234 e. The smallest absolute Gasteiger partial charge is 0.234 e. The van der Waals surface area contributed by atoms with Gasteiger partial charge in [0.25, 0.3) is 0 Å². The summed E-state index contributed by atoms with van der Waals surface area (Å²) >= 11 is 0. The number of hydrogen-bond acceptors (Lipinski definition) is 3. The largest absolute Gasteiger partial charge is 0.494 e. The van der Waals surface area contributed by atoms with E-state index >= 15 is 0 Å². The predicted octanol–water partition coefficient (Wildman–Crippen LogP) is 2.36. The lowest BCUT2D eigenvalue weighted by molar-refractivity contribution is -0.122. The van der Waals surface area contributed by atoms with E-state index in [1.54, 1.807) is 7.05 Å². The summed E-state index contributed by atoms with van der Waals surface area (Å²) in [6.07, 6.45) is 3.49. The van der Waals surface area contributed by atoms with E-state index in [-0.39, 0.29) is 5.91 Å². The minimum atomic E-state index is 0.0466. The zero-order valence-corrected chi connectivity index (χ0v) is 12.1. The Kier molecular flexibility index (Phi) is 6.97. The van der Waals surface area contributed by atoms with Gasteiger partial charge in [-0.1, -0.05) is 12.1 Å². The molecule has 106 valence electrons. The van der Waals surface area contributed by atoms with Crippen molar-refractivity contribution in [1.82, 2.24) is 10.9 Å². The lowest BCUT2D eigenvalue weighted by Gasteiger charge is -2.09. The number of rotatable bonds is 8. The molecular formula is C15H24N2O2. The molecule has 0 fully saturated rings. The highest BCUT2D eigenvalue weighted by atomic mass is 16.5. The van der Waals surface area contributed by atoms with Gasteiger partial charge in [-0.3, -0.25) is 10.2 Å². The molecule has 0 unspecified atom stereocenters. The highest BCUT2D eigenvalue weighted by Crippen LogP contribution is 2.20. The third kappa shape index (κ3) is 5.75. The second-order valence-corrected chi connectivity index (χ2v) is 4.54. The number of benzene rings is 1. The van der Waals surface area contributed by atoms with Gasteiger partial charge < -0.3 is 4.74 Å². The molecule has 0 saturated heterocycles. The summed E-state index contributed by atoms with van der Waals surface area (Å²) in [7, 11) is 1.70. The van der Waals surface area contributed by atoms with Gasteiger partial charge in [0.15, 0.2) is 0 Å². The summed E-state index contributed by atoms with van der Waals surface area (Å²) in [5.74, 6) is 1.00. The summed E-state index contributed by atoms with van der Waals surface area (Å²) < 4.78 is 5.52. The highest BCUT2D eigenvalue weighted by molar-refractivity contribution is 5.75. The van der Waals surface area contributed by atoms with Crippen molar-refractivity contribution in [3.8, 4) is 5.75 Å². The van der Waals surface area contributed by atoms with Crippen LogP contribution in [-0.4, -0.2) is 19.6 Å². The van der Waals surface area contributed by atoms with Crippen LogP contribution in [0.4, 0.5) is 0 Å². The van der Waals surface area contributed by atoms with Gasteiger partial charge in [0, 0.05) is 13.5 Å². The molecule has 0 heterocycles. The molecule has 0 aliphatic carbocycles. The van der Waals surface area contributed by atoms with Crippen LogP contribution in [0, 0.1) is 6.92 Å². The van der Waals surface area contributed by atoms with Gasteiger partial charge in [-0.05, 0) is 50.3 Å². The number of amides is 1. The van der Waals surface area contributed by atoms with Crippen LogP contribution in [0.25, 0.3) is 0 Å². The first-order chi connectivity index (χ1) is 9.17. The van der Waals surface area contributed by atoms with Gasteiger partial charge in [0.05, 0.1) is 6.61 Å². The maximum absolute atomic E-state index is 11.2. The van der Waals surface area contributed by atoms with Gasteiger partial charge in [0.2, 0.25) is 5.91 Å². The van der Waals surface area contributed by atoms with Gasteiger partial charge in [0.1, 0.15) is 5.75 Å². The Hall–Kier alpha value is -1.55. The van der Waals surface area contributed by atoms with E-state index in [4.69, 9.17) is 4.74 Å². The number of hydrogen-bond donors (Lipinski definition) is 2. The molecule has 0 aromatic heterocycles. The molecule has 4 nitrogen and oxygen atoms in total. The van der Waals surface area contributed by atoms with Gasteiger partial charge >= 0.3 is 0 Å². The second kappa shape index (κ2) is 8.53. The van der Waals surface area contributed by atoms with E-state index in [9.17, 15) is 4.79 Å². The van der Waals surface area contributed by atoms with Crippen molar-refractivity contribution >= 4 is 5.91 Å². The van der Waals surface area contributed by atoms with E-state index in [0.29, 0.717) is 13.0 Å². The first kappa shape index (κ1) is 15.5. The zero-order valence-electron chi connectivity index (χ0n) is 12.1. The van der Waals surface area contributed by atoms with Crippen molar-refractivity contribution < 1.29 is 9.53 Å². The van der Waals surface area contributed by atoms with Crippen LogP contribution in [0.3, 0.4) is 0 Å². The molecule has 4 heteroatoms. The maximum atomic E-state index is 11.2. The van der Waals surface area contributed by atoms with Crippen LogP contribution in [0.15, 0.2) is 18.2 Å². The van der Waals surface area contributed by atoms with Crippen LogP contribution in [0.1, 0.15) is 37.3 Å². The van der Waals surface area contributed by atoms with Gasteiger partial charge in [-0.2, -0.15) is 0 Å². The molecule has 1 aromatic carbocycles. The SMILES string of the molecule is CCOc1ccc(CCCCC(=O)NNC)cc1C. The van der Waals surface area contributed by atoms with Crippen LogP contribution in [-0.2, 0) is 11.2 Å². The lowest BCUT2D eigenvalue weighted by atomic mass is 10.0. The van der Waals surface area contributed by atoms with E-state index in [2.05, 4.69) is 29.9 Å². The lowest BCUT2D eigenvalue weighted by Crippen LogP contribution is -2.33. The number of carbonyl (C=O) groups excluding carboxylic acids is 1.